The second-order valence-electron chi connectivity index (χ2n) is 6.55. The number of rotatable bonds is 5. The van der Waals surface area contributed by atoms with Crippen LogP contribution in [0.3, 0.4) is 0 Å². The van der Waals surface area contributed by atoms with Crippen LogP contribution in [-0.2, 0) is 10.0 Å². The SMILES string of the molecule is O=C(Nc1ccc2[nH]c(=O)[nH]c2c1)c1cccc(NS(=O)(=O)c2cc(Cl)ccc2Cl)c1. The van der Waals surface area contributed by atoms with Crippen molar-refractivity contribution in [3.05, 3.63) is 86.8 Å². The molecule has 1 heterocycles. The fourth-order valence-electron chi connectivity index (χ4n) is 2.93. The van der Waals surface area contributed by atoms with E-state index >= 15 is 0 Å². The van der Waals surface area contributed by atoms with Crippen LogP contribution in [0.1, 0.15) is 10.4 Å². The number of fused-ring (bicyclic) bond motifs is 1. The molecular formula is C20H14Cl2N4O4S. The lowest BCUT2D eigenvalue weighted by Crippen LogP contribution is -2.15. The summed E-state index contributed by atoms with van der Waals surface area (Å²) in [5.74, 6) is -0.459. The van der Waals surface area contributed by atoms with E-state index in [1.54, 1.807) is 24.3 Å². The second-order valence-corrected chi connectivity index (χ2v) is 9.05. The van der Waals surface area contributed by atoms with Crippen LogP contribution in [0.4, 0.5) is 11.4 Å². The topological polar surface area (TPSA) is 124 Å². The Morgan fingerprint density at radius 3 is 2.45 bits per heavy atom. The van der Waals surface area contributed by atoms with Crippen molar-refractivity contribution in [3.63, 3.8) is 0 Å². The summed E-state index contributed by atoms with van der Waals surface area (Å²) in [7, 11) is -4.03. The predicted octanol–water partition coefficient (Wildman–Crippen LogP) is 4.22. The molecule has 0 aliphatic carbocycles. The van der Waals surface area contributed by atoms with Gasteiger partial charge in [0.2, 0.25) is 0 Å². The Kier molecular flexibility index (Phi) is 5.48. The van der Waals surface area contributed by atoms with Crippen molar-refractivity contribution in [1.29, 1.82) is 0 Å². The third kappa shape index (κ3) is 4.58. The maximum Gasteiger partial charge on any atom is 0.323 e. The summed E-state index contributed by atoms with van der Waals surface area (Å²) in [4.78, 5) is 29.1. The summed E-state index contributed by atoms with van der Waals surface area (Å²) in [6, 6.07) is 15.0. The Hall–Kier alpha value is -3.27. The monoisotopic (exact) mass is 476 g/mol. The van der Waals surface area contributed by atoms with Gasteiger partial charge in [-0.25, -0.2) is 13.2 Å². The third-order valence-corrected chi connectivity index (χ3v) is 6.43. The van der Waals surface area contributed by atoms with Crippen LogP contribution in [0.25, 0.3) is 11.0 Å². The number of nitrogens with one attached hydrogen (secondary N) is 4. The Balaban J connectivity index is 1.56. The van der Waals surface area contributed by atoms with Crippen molar-refractivity contribution >= 4 is 61.5 Å². The molecule has 0 saturated carbocycles. The number of aromatic nitrogens is 2. The van der Waals surface area contributed by atoms with E-state index < -0.39 is 15.9 Å². The number of hydrogen-bond donors (Lipinski definition) is 4. The summed E-state index contributed by atoms with van der Waals surface area (Å²) in [5, 5.41) is 2.95. The summed E-state index contributed by atoms with van der Waals surface area (Å²) >= 11 is 11.9. The molecule has 0 fully saturated rings. The van der Waals surface area contributed by atoms with E-state index in [2.05, 4.69) is 20.0 Å². The number of amides is 1. The smallest absolute Gasteiger partial charge is 0.322 e. The molecule has 0 spiro atoms. The molecule has 0 aliphatic rings. The average molecular weight is 477 g/mol. The maximum absolute atomic E-state index is 12.7. The molecule has 8 nitrogen and oxygen atoms in total. The van der Waals surface area contributed by atoms with Crippen LogP contribution in [0.5, 0.6) is 0 Å². The first-order valence-corrected chi connectivity index (χ1v) is 11.1. The summed E-state index contributed by atoms with van der Waals surface area (Å²) in [6.45, 7) is 0. The number of sulfonamides is 1. The summed E-state index contributed by atoms with van der Waals surface area (Å²) in [5.41, 5.74) is 1.67. The number of carbonyl (C=O) groups is 1. The van der Waals surface area contributed by atoms with Crippen molar-refractivity contribution in [1.82, 2.24) is 9.97 Å². The molecule has 11 heteroatoms. The zero-order valence-corrected chi connectivity index (χ0v) is 17.9. The minimum absolute atomic E-state index is 0.0176. The molecule has 0 radical (unpaired) electrons. The highest BCUT2D eigenvalue weighted by Gasteiger charge is 2.19. The quantitative estimate of drug-likeness (QED) is 0.344. The number of halogens is 2. The third-order valence-electron chi connectivity index (χ3n) is 4.33. The van der Waals surface area contributed by atoms with Crippen molar-refractivity contribution in [2.75, 3.05) is 10.0 Å². The minimum Gasteiger partial charge on any atom is -0.322 e. The fraction of sp³-hybridized carbons (Fsp3) is 0. The number of hydrogen-bond acceptors (Lipinski definition) is 4. The van der Waals surface area contributed by atoms with E-state index in [0.29, 0.717) is 16.7 Å². The van der Waals surface area contributed by atoms with Gasteiger partial charge in [-0.3, -0.25) is 9.52 Å². The molecular weight excluding hydrogens is 463 g/mol. The van der Waals surface area contributed by atoms with Gasteiger partial charge in [0.1, 0.15) is 4.90 Å². The molecule has 0 bridgehead atoms. The van der Waals surface area contributed by atoms with E-state index in [1.165, 1.54) is 36.4 Å². The molecule has 3 aromatic carbocycles. The fourth-order valence-corrected chi connectivity index (χ4v) is 4.74. The van der Waals surface area contributed by atoms with E-state index in [0.717, 1.165) is 0 Å². The Labute approximate surface area is 186 Å². The zero-order chi connectivity index (χ0) is 22.2. The van der Waals surface area contributed by atoms with Crippen LogP contribution in [0, 0.1) is 0 Å². The number of imidazole rings is 1. The van der Waals surface area contributed by atoms with E-state index in [-0.39, 0.29) is 31.9 Å². The van der Waals surface area contributed by atoms with Gasteiger partial charge in [0.15, 0.2) is 0 Å². The largest absolute Gasteiger partial charge is 0.323 e. The maximum atomic E-state index is 12.7. The molecule has 0 saturated heterocycles. The van der Waals surface area contributed by atoms with Crippen LogP contribution >= 0.6 is 23.2 Å². The molecule has 158 valence electrons. The van der Waals surface area contributed by atoms with Gasteiger partial charge < -0.3 is 15.3 Å². The zero-order valence-electron chi connectivity index (χ0n) is 15.6. The lowest BCUT2D eigenvalue weighted by molar-refractivity contribution is 0.102. The van der Waals surface area contributed by atoms with Gasteiger partial charge >= 0.3 is 5.69 Å². The van der Waals surface area contributed by atoms with Gasteiger partial charge in [0.25, 0.3) is 15.9 Å². The Bertz CT molecular complexity index is 1480. The molecule has 1 aromatic heterocycles. The molecule has 0 atom stereocenters. The summed E-state index contributed by atoms with van der Waals surface area (Å²) in [6.07, 6.45) is 0. The predicted molar refractivity (Wildman–Crippen MR) is 121 cm³/mol. The molecule has 0 aliphatic heterocycles. The van der Waals surface area contributed by atoms with Crippen molar-refractivity contribution in [2.45, 2.75) is 4.90 Å². The highest BCUT2D eigenvalue weighted by atomic mass is 35.5. The molecule has 31 heavy (non-hydrogen) atoms. The lowest BCUT2D eigenvalue weighted by Gasteiger charge is -2.11. The van der Waals surface area contributed by atoms with E-state index in [4.69, 9.17) is 23.2 Å². The Morgan fingerprint density at radius 2 is 1.65 bits per heavy atom. The van der Waals surface area contributed by atoms with Crippen LogP contribution in [0.15, 0.2) is 70.4 Å². The molecule has 1 amide bonds. The first kappa shape index (κ1) is 21.0. The van der Waals surface area contributed by atoms with Gasteiger partial charge in [0.05, 0.1) is 16.1 Å². The van der Waals surface area contributed by atoms with Gasteiger partial charge in [-0.1, -0.05) is 29.3 Å². The number of H-pyrrole nitrogens is 2. The molecule has 4 N–H and O–H groups in total. The molecule has 0 unspecified atom stereocenters. The lowest BCUT2D eigenvalue weighted by atomic mass is 10.2. The van der Waals surface area contributed by atoms with Crippen molar-refractivity contribution < 1.29 is 13.2 Å². The first-order valence-electron chi connectivity index (χ1n) is 8.83. The van der Waals surface area contributed by atoms with Crippen LogP contribution < -0.4 is 15.7 Å². The second kappa shape index (κ2) is 8.10. The van der Waals surface area contributed by atoms with Crippen LogP contribution in [0.2, 0.25) is 10.0 Å². The average Bonchev–Trinajstić information content (AvgIpc) is 3.09. The number of carbonyl (C=O) groups excluding carboxylic acids is 1. The Morgan fingerprint density at radius 1 is 0.871 bits per heavy atom. The first-order chi connectivity index (χ1) is 14.7. The van der Waals surface area contributed by atoms with Crippen molar-refractivity contribution in [2.24, 2.45) is 0 Å². The highest BCUT2D eigenvalue weighted by Crippen LogP contribution is 2.27. The summed E-state index contributed by atoms with van der Waals surface area (Å²) < 4.78 is 27.8. The molecule has 4 rings (SSSR count). The normalized spacial score (nSPS) is 11.4. The van der Waals surface area contributed by atoms with Gasteiger partial charge in [-0.15, -0.1) is 0 Å². The number of benzene rings is 3. The minimum atomic E-state index is -4.03. The van der Waals surface area contributed by atoms with Crippen molar-refractivity contribution in [3.8, 4) is 0 Å². The number of aromatic amines is 2. The highest BCUT2D eigenvalue weighted by molar-refractivity contribution is 7.92. The van der Waals surface area contributed by atoms with Gasteiger partial charge in [0, 0.05) is 22.0 Å². The van der Waals surface area contributed by atoms with Crippen LogP contribution in [-0.4, -0.2) is 24.3 Å². The number of anilines is 2. The van der Waals surface area contributed by atoms with E-state index in [9.17, 15) is 18.0 Å². The molecule has 4 aromatic rings. The van der Waals surface area contributed by atoms with Gasteiger partial charge in [-0.2, -0.15) is 0 Å². The van der Waals surface area contributed by atoms with Gasteiger partial charge in [-0.05, 0) is 54.6 Å². The van der Waals surface area contributed by atoms with E-state index in [1.807, 2.05) is 0 Å². The standard InChI is InChI=1S/C20H14Cl2N4O4S/c21-12-4-6-15(22)18(9-12)31(29,30)26-14-3-1-2-11(8-14)19(27)23-13-5-7-16-17(10-13)25-20(28)24-16/h1-10,26H,(H,23,27)(H2,24,25,28).